The second-order valence-corrected chi connectivity index (χ2v) is 8.38. The number of thioether (sulfide) groups is 1. The Bertz CT molecular complexity index is 913. The molecule has 0 unspecified atom stereocenters. The molecule has 1 saturated heterocycles. The topological polar surface area (TPSA) is 27.6 Å². The van der Waals surface area contributed by atoms with Crippen molar-refractivity contribution in [1.29, 1.82) is 0 Å². The highest BCUT2D eigenvalue weighted by molar-refractivity contribution is 7.99. The zero-order chi connectivity index (χ0) is 19.7. The summed E-state index contributed by atoms with van der Waals surface area (Å²) in [7, 11) is 0. The van der Waals surface area contributed by atoms with Crippen LogP contribution >= 0.6 is 36.6 Å². The molecule has 1 aliphatic rings. The first kappa shape index (κ1) is 25.3. The van der Waals surface area contributed by atoms with E-state index in [1.165, 1.54) is 37.4 Å². The molecule has 0 atom stereocenters. The summed E-state index contributed by atoms with van der Waals surface area (Å²) in [5, 5.41) is 3.46. The number of halogens is 2. The first-order valence-electron chi connectivity index (χ1n) is 10.3. The van der Waals surface area contributed by atoms with E-state index in [-0.39, 0.29) is 24.8 Å². The Morgan fingerprint density at radius 3 is 2.06 bits per heavy atom. The van der Waals surface area contributed by atoms with Crippen molar-refractivity contribution in [3.8, 4) is 0 Å². The Labute approximate surface area is 202 Å². The minimum atomic E-state index is 0. The Hall–Kier alpha value is -1.98. The zero-order valence-corrected chi connectivity index (χ0v) is 19.9. The standard InChI is InChI=1S/C25H27N3S.2ClH/c1-3-9-21(10-4-1)25(26-22-11-5-2-6-12-22)27-23-13-15-24(16-14-23)29-20-19-28-17-7-8-18-28;;/h1-6,9-16H,7-8,17-20H2,(H,26,27);2*1H. The van der Waals surface area contributed by atoms with Crippen LogP contribution in [0.25, 0.3) is 0 Å². The molecule has 1 aliphatic heterocycles. The van der Waals surface area contributed by atoms with Crippen molar-refractivity contribution in [2.75, 3.05) is 30.7 Å². The second-order valence-electron chi connectivity index (χ2n) is 7.21. The predicted molar refractivity (Wildman–Crippen MR) is 140 cm³/mol. The number of nitrogens with one attached hydrogen (secondary N) is 1. The molecule has 0 aliphatic carbocycles. The van der Waals surface area contributed by atoms with Crippen molar-refractivity contribution in [2.24, 2.45) is 4.99 Å². The summed E-state index contributed by atoms with van der Waals surface area (Å²) in [6.45, 7) is 3.72. The normalized spacial score (nSPS) is 13.9. The van der Waals surface area contributed by atoms with Crippen LogP contribution < -0.4 is 5.32 Å². The van der Waals surface area contributed by atoms with Gasteiger partial charge in [-0.05, 0) is 62.3 Å². The lowest BCUT2D eigenvalue weighted by Gasteiger charge is -2.13. The Morgan fingerprint density at radius 2 is 1.42 bits per heavy atom. The number of amidine groups is 1. The highest BCUT2D eigenvalue weighted by Gasteiger charge is 2.10. The molecule has 4 rings (SSSR count). The van der Waals surface area contributed by atoms with Crippen molar-refractivity contribution in [1.82, 2.24) is 4.90 Å². The third-order valence-electron chi connectivity index (χ3n) is 5.04. The molecule has 3 nitrogen and oxygen atoms in total. The largest absolute Gasteiger partial charge is 0.340 e. The molecule has 0 amide bonds. The smallest absolute Gasteiger partial charge is 0.138 e. The van der Waals surface area contributed by atoms with Gasteiger partial charge in [0, 0.05) is 28.4 Å². The first-order chi connectivity index (χ1) is 14.4. The zero-order valence-electron chi connectivity index (χ0n) is 17.4. The number of hydrogen-bond acceptors (Lipinski definition) is 3. The van der Waals surface area contributed by atoms with Gasteiger partial charge in [0.15, 0.2) is 0 Å². The number of benzene rings is 3. The lowest BCUT2D eigenvalue weighted by Crippen LogP contribution is -2.21. The molecular formula is C25H29Cl2N3S. The quantitative estimate of drug-likeness (QED) is 0.229. The van der Waals surface area contributed by atoms with Gasteiger partial charge in [0.05, 0.1) is 5.69 Å². The summed E-state index contributed by atoms with van der Waals surface area (Å²) < 4.78 is 0. The molecule has 3 aromatic carbocycles. The van der Waals surface area contributed by atoms with Crippen LogP contribution in [0.3, 0.4) is 0 Å². The molecule has 0 bridgehead atoms. The maximum Gasteiger partial charge on any atom is 0.138 e. The molecule has 1 heterocycles. The molecule has 1 fully saturated rings. The maximum absolute atomic E-state index is 4.90. The van der Waals surface area contributed by atoms with Gasteiger partial charge in [-0.15, -0.1) is 36.6 Å². The van der Waals surface area contributed by atoms with Gasteiger partial charge in [0.25, 0.3) is 0 Å². The second kappa shape index (κ2) is 13.4. The van der Waals surface area contributed by atoms with Crippen molar-refractivity contribution in [3.63, 3.8) is 0 Å². The minimum Gasteiger partial charge on any atom is -0.340 e. The summed E-state index contributed by atoms with van der Waals surface area (Å²) in [6.07, 6.45) is 2.72. The molecule has 0 aromatic heterocycles. The fourth-order valence-corrected chi connectivity index (χ4v) is 4.38. The molecule has 0 spiro atoms. The van der Waals surface area contributed by atoms with Crippen molar-refractivity contribution >= 4 is 53.8 Å². The van der Waals surface area contributed by atoms with Crippen LogP contribution in [-0.4, -0.2) is 36.1 Å². The van der Waals surface area contributed by atoms with Crippen LogP contribution in [0.2, 0.25) is 0 Å². The molecule has 164 valence electrons. The molecule has 1 N–H and O–H groups in total. The van der Waals surface area contributed by atoms with E-state index in [1.54, 1.807) is 0 Å². The maximum atomic E-state index is 4.90. The van der Waals surface area contributed by atoms with Crippen LogP contribution in [0.15, 0.2) is 94.8 Å². The summed E-state index contributed by atoms with van der Waals surface area (Å²) in [5.41, 5.74) is 3.06. The molecule has 31 heavy (non-hydrogen) atoms. The molecule has 6 heteroatoms. The fourth-order valence-electron chi connectivity index (χ4n) is 3.46. The molecule has 0 radical (unpaired) electrons. The van der Waals surface area contributed by atoms with Gasteiger partial charge in [-0.1, -0.05) is 48.5 Å². The monoisotopic (exact) mass is 473 g/mol. The van der Waals surface area contributed by atoms with Crippen LogP contribution in [0.4, 0.5) is 11.4 Å². The van der Waals surface area contributed by atoms with E-state index in [9.17, 15) is 0 Å². The van der Waals surface area contributed by atoms with Gasteiger partial charge in [-0.25, -0.2) is 4.99 Å². The number of anilines is 1. The fraction of sp³-hybridized carbons (Fsp3) is 0.240. The third kappa shape index (κ3) is 7.89. The van der Waals surface area contributed by atoms with E-state index < -0.39 is 0 Å². The summed E-state index contributed by atoms with van der Waals surface area (Å²) in [5.74, 6) is 2.00. The van der Waals surface area contributed by atoms with Crippen LogP contribution in [-0.2, 0) is 0 Å². The SMILES string of the molecule is Cl.Cl.c1ccc(NC(=Nc2ccc(SCCN3CCCC3)cc2)c2ccccc2)cc1. The number of hydrogen-bond donors (Lipinski definition) is 1. The number of likely N-dealkylation sites (tertiary alicyclic amines) is 1. The van der Waals surface area contributed by atoms with E-state index in [2.05, 4.69) is 58.7 Å². The van der Waals surface area contributed by atoms with Gasteiger partial charge >= 0.3 is 0 Å². The average molecular weight is 475 g/mol. The number of para-hydroxylation sites is 1. The van der Waals surface area contributed by atoms with Gasteiger partial charge < -0.3 is 10.2 Å². The lowest BCUT2D eigenvalue weighted by molar-refractivity contribution is 0.362. The third-order valence-corrected chi connectivity index (χ3v) is 6.03. The van der Waals surface area contributed by atoms with Crippen molar-refractivity contribution in [2.45, 2.75) is 17.7 Å². The highest BCUT2D eigenvalue weighted by Crippen LogP contribution is 2.23. The number of aliphatic imine (C=N–C) groups is 1. The lowest BCUT2D eigenvalue weighted by atomic mass is 10.2. The number of rotatable bonds is 7. The van der Waals surface area contributed by atoms with Crippen molar-refractivity contribution < 1.29 is 0 Å². The highest BCUT2D eigenvalue weighted by atomic mass is 35.5. The number of nitrogens with zero attached hydrogens (tertiary/aromatic N) is 2. The molecule has 0 saturated carbocycles. The van der Waals surface area contributed by atoms with E-state index in [0.717, 1.165) is 28.5 Å². The Morgan fingerprint density at radius 1 is 0.806 bits per heavy atom. The van der Waals surface area contributed by atoms with Crippen molar-refractivity contribution in [3.05, 3.63) is 90.5 Å². The molecule has 3 aromatic rings. The van der Waals surface area contributed by atoms with E-state index in [0.29, 0.717) is 0 Å². The predicted octanol–water partition coefficient (Wildman–Crippen LogP) is 6.91. The van der Waals surface area contributed by atoms with E-state index in [4.69, 9.17) is 4.99 Å². The summed E-state index contributed by atoms with van der Waals surface area (Å²) in [6, 6.07) is 29.0. The minimum absolute atomic E-state index is 0. The Kier molecular flexibility index (Phi) is 11.0. The average Bonchev–Trinajstić information content (AvgIpc) is 3.29. The summed E-state index contributed by atoms with van der Waals surface area (Å²) >= 11 is 1.93. The van der Waals surface area contributed by atoms with Crippen LogP contribution in [0, 0.1) is 0 Å². The van der Waals surface area contributed by atoms with Gasteiger partial charge in [0.1, 0.15) is 5.84 Å². The molecular weight excluding hydrogens is 445 g/mol. The van der Waals surface area contributed by atoms with Gasteiger partial charge in [0.2, 0.25) is 0 Å². The van der Waals surface area contributed by atoms with E-state index >= 15 is 0 Å². The summed E-state index contributed by atoms with van der Waals surface area (Å²) in [4.78, 5) is 8.77. The van der Waals surface area contributed by atoms with Gasteiger partial charge in [-0.2, -0.15) is 0 Å². The Balaban J connectivity index is 0.00000171. The van der Waals surface area contributed by atoms with Crippen LogP contribution in [0.1, 0.15) is 18.4 Å². The van der Waals surface area contributed by atoms with Gasteiger partial charge in [-0.3, -0.25) is 0 Å². The van der Waals surface area contributed by atoms with Crippen LogP contribution in [0.5, 0.6) is 0 Å². The first-order valence-corrected chi connectivity index (χ1v) is 11.3. The van der Waals surface area contributed by atoms with E-state index in [1.807, 2.05) is 48.2 Å².